The molecule has 2 aliphatic rings. The zero-order chi connectivity index (χ0) is 9.38. The normalized spacial score (nSPS) is 18.0. The summed E-state index contributed by atoms with van der Waals surface area (Å²) in [6, 6.07) is 8.70. The molecular formula is C14H12. The Morgan fingerprint density at radius 3 is 2.79 bits per heavy atom. The van der Waals surface area contributed by atoms with Crippen LogP contribution in [0.4, 0.5) is 0 Å². The van der Waals surface area contributed by atoms with E-state index in [1.54, 1.807) is 0 Å². The molecule has 0 saturated heterocycles. The van der Waals surface area contributed by atoms with E-state index < -0.39 is 0 Å². The maximum atomic E-state index is 2.35. The van der Waals surface area contributed by atoms with E-state index in [4.69, 9.17) is 0 Å². The van der Waals surface area contributed by atoms with E-state index in [9.17, 15) is 0 Å². The van der Waals surface area contributed by atoms with Crippen molar-refractivity contribution in [2.45, 2.75) is 12.8 Å². The van der Waals surface area contributed by atoms with Crippen LogP contribution in [0.5, 0.6) is 0 Å². The van der Waals surface area contributed by atoms with Gasteiger partial charge in [-0.1, -0.05) is 48.6 Å². The molecule has 0 radical (unpaired) electrons. The monoisotopic (exact) mass is 180 g/mol. The molecule has 0 spiro atoms. The lowest BCUT2D eigenvalue weighted by molar-refractivity contribution is 1.31. The first kappa shape index (κ1) is 7.81. The zero-order valence-corrected chi connectivity index (χ0v) is 8.03. The number of hydrogen-bond donors (Lipinski definition) is 0. The molecular weight excluding hydrogens is 168 g/mol. The number of fused-ring (bicyclic) bond motifs is 1. The topological polar surface area (TPSA) is 0 Å². The minimum absolute atomic E-state index is 1.10. The second-order valence-electron chi connectivity index (χ2n) is 3.80. The Morgan fingerprint density at radius 1 is 1.00 bits per heavy atom. The zero-order valence-electron chi connectivity index (χ0n) is 8.03. The maximum Gasteiger partial charge on any atom is -0.00820 e. The fourth-order valence-electron chi connectivity index (χ4n) is 2.23. The first-order valence-electron chi connectivity index (χ1n) is 5.09. The molecule has 0 nitrogen and oxygen atoms in total. The Kier molecular flexibility index (Phi) is 1.66. The third kappa shape index (κ3) is 1.07. The Bertz CT molecular complexity index is 459. The Labute approximate surface area is 84.3 Å². The van der Waals surface area contributed by atoms with Gasteiger partial charge in [-0.2, -0.15) is 0 Å². The molecule has 0 amide bonds. The van der Waals surface area contributed by atoms with Crippen LogP contribution in [-0.2, 0) is 6.42 Å². The van der Waals surface area contributed by atoms with Crippen LogP contribution in [0, 0.1) is 0 Å². The van der Waals surface area contributed by atoms with Crippen molar-refractivity contribution in [2.75, 3.05) is 0 Å². The molecule has 0 heterocycles. The van der Waals surface area contributed by atoms with Gasteiger partial charge in [-0.3, -0.25) is 0 Å². The van der Waals surface area contributed by atoms with Gasteiger partial charge in [0, 0.05) is 0 Å². The predicted octanol–water partition coefficient (Wildman–Crippen LogP) is 3.51. The molecule has 0 aromatic heterocycles. The quantitative estimate of drug-likeness (QED) is 0.620. The van der Waals surface area contributed by atoms with E-state index in [1.807, 2.05) is 0 Å². The molecule has 1 aromatic rings. The minimum Gasteiger partial charge on any atom is -0.0801 e. The summed E-state index contributed by atoms with van der Waals surface area (Å²) >= 11 is 0. The van der Waals surface area contributed by atoms with Gasteiger partial charge in [-0.15, -0.1) is 0 Å². The lowest BCUT2D eigenvalue weighted by Crippen LogP contribution is -1.85. The smallest absolute Gasteiger partial charge is 0.00820 e. The highest BCUT2D eigenvalue weighted by molar-refractivity contribution is 5.85. The van der Waals surface area contributed by atoms with Crippen molar-refractivity contribution in [1.82, 2.24) is 0 Å². The number of rotatable bonds is 1. The molecule has 0 atom stereocenters. The van der Waals surface area contributed by atoms with Gasteiger partial charge in [0.15, 0.2) is 0 Å². The van der Waals surface area contributed by atoms with Crippen LogP contribution in [0.1, 0.15) is 17.5 Å². The van der Waals surface area contributed by atoms with Crippen LogP contribution in [0.3, 0.4) is 0 Å². The van der Waals surface area contributed by atoms with Crippen molar-refractivity contribution in [1.29, 1.82) is 0 Å². The van der Waals surface area contributed by atoms with Gasteiger partial charge in [0.05, 0.1) is 0 Å². The first-order chi connectivity index (χ1) is 6.95. The molecule has 0 heteroatoms. The van der Waals surface area contributed by atoms with E-state index in [2.05, 4.69) is 48.6 Å². The van der Waals surface area contributed by atoms with Gasteiger partial charge >= 0.3 is 0 Å². The van der Waals surface area contributed by atoms with Gasteiger partial charge in [0.1, 0.15) is 0 Å². The van der Waals surface area contributed by atoms with Gasteiger partial charge in [-0.05, 0) is 35.1 Å². The van der Waals surface area contributed by atoms with Crippen LogP contribution in [0.15, 0.2) is 54.1 Å². The molecule has 14 heavy (non-hydrogen) atoms. The molecule has 0 unspecified atom stereocenters. The van der Waals surface area contributed by atoms with Gasteiger partial charge in [0.25, 0.3) is 0 Å². The minimum atomic E-state index is 1.10. The Morgan fingerprint density at radius 2 is 1.93 bits per heavy atom. The molecule has 2 aliphatic carbocycles. The Balaban J connectivity index is 2.05. The van der Waals surface area contributed by atoms with Crippen LogP contribution in [0.25, 0.3) is 5.57 Å². The second-order valence-corrected chi connectivity index (χ2v) is 3.80. The lowest BCUT2D eigenvalue weighted by atomic mass is 9.99. The SMILES string of the molecule is C1=CCC(C2=CCc3ccccc32)=C1. The van der Waals surface area contributed by atoms with Crippen molar-refractivity contribution in [3.8, 4) is 0 Å². The second kappa shape index (κ2) is 2.98. The van der Waals surface area contributed by atoms with Crippen molar-refractivity contribution in [3.05, 3.63) is 65.3 Å². The van der Waals surface area contributed by atoms with E-state index in [0.29, 0.717) is 0 Å². The third-order valence-electron chi connectivity index (χ3n) is 2.95. The van der Waals surface area contributed by atoms with Crippen molar-refractivity contribution in [3.63, 3.8) is 0 Å². The molecule has 3 rings (SSSR count). The number of benzene rings is 1. The highest BCUT2D eigenvalue weighted by atomic mass is 14.2. The summed E-state index contributed by atoms with van der Waals surface area (Å²) in [4.78, 5) is 0. The Hall–Kier alpha value is -1.56. The fraction of sp³-hybridized carbons (Fsp3) is 0.143. The number of hydrogen-bond acceptors (Lipinski definition) is 0. The van der Waals surface area contributed by atoms with E-state index in [-0.39, 0.29) is 0 Å². The summed E-state index contributed by atoms with van der Waals surface area (Å²) < 4.78 is 0. The summed E-state index contributed by atoms with van der Waals surface area (Å²) in [5.74, 6) is 0. The molecule has 1 aromatic carbocycles. The van der Waals surface area contributed by atoms with Crippen LogP contribution in [0.2, 0.25) is 0 Å². The fourth-order valence-corrected chi connectivity index (χ4v) is 2.23. The predicted molar refractivity (Wildman–Crippen MR) is 60.0 cm³/mol. The third-order valence-corrected chi connectivity index (χ3v) is 2.95. The highest BCUT2D eigenvalue weighted by Crippen LogP contribution is 2.35. The van der Waals surface area contributed by atoms with E-state index >= 15 is 0 Å². The lowest BCUT2D eigenvalue weighted by Gasteiger charge is -2.05. The summed E-state index contributed by atoms with van der Waals surface area (Å²) in [6.07, 6.45) is 11.1. The maximum absolute atomic E-state index is 2.35. The van der Waals surface area contributed by atoms with Crippen molar-refractivity contribution >= 4 is 5.57 Å². The first-order valence-corrected chi connectivity index (χ1v) is 5.09. The van der Waals surface area contributed by atoms with Crippen molar-refractivity contribution < 1.29 is 0 Å². The molecule has 0 N–H and O–H groups in total. The highest BCUT2D eigenvalue weighted by Gasteiger charge is 2.16. The average Bonchev–Trinajstić information content (AvgIpc) is 2.85. The number of allylic oxidation sites excluding steroid dienone is 6. The average molecular weight is 180 g/mol. The largest absolute Gasteiger partial charge is 0.0801 e. The van der Waals surface area contributed by atoms with Crippen LogP contribution >= 0.6 is 0 Å². The summed E-state index contributed by atoms with van der Waals surface area (Å²) in [5.41, 5.74) is 5.82. The standard InChI is InChI=1S/C14H12/c1-2-6-11(5-1)14-10-9-12-7-3-4-8-13(12)14/h1-5,7-8,10H,6,9H2. The molecule has 0 fully saturated rings. The van der Waals surface area contributed by atoms with Crippen molar-refractivity contribution in [2.24, 2.45) is 0 Å². The molecule has 68 valence electrons. The van der Waals surface area contributed by atoms with Gasteiger partial charge < -0.3 is 0 Å². The van der Waals surface area contributed by atoms with Gasteiger partial charge in [0.2, 0.25) is 0 Å². The van der Waals surface area contributed by atoms with Crippen LogP contribution in [-0.4, -0.2) is 0 Å². The van der Waals surface area contributed by atoms with E-state index in [1.165, 1.54) is 22.3 Å². The summed E-state index contributed by atoms with van der Waals surface area (Å²) in [6.45, 7) is 0. The van der Waals surface area contributed by atoms with Crippen LogP contribution < -0.4 is 0 Å². The van der Waals surface area contributed by atoms with Gasteiger partial charge in [-0.25, -0.2) is 0 Å². The molecule has 0 saturated carbocycles. The molecule has 0 bridgehead atoms. The summed E-state index contributed by atoms with van der Waals surface area (Å²) in [5, 5.41) is 0. The van der Waals surface area contributed by atoms with E-state index in [0.717, 1.165) is 12.8 Å². The molecule has 0 aliphatic heterocycles. The summed E-state index contributed by atoms with van der Waals surface area (Å²) in [7, 11) is 0.